The third kappa shape index (κ3) is 35.9. The topological polar surface area (TPSA) is 88.5 Å². The predicted molar refractivity (Wildman–Crippen MR) is 216 cm³/mol. The molecule has 1 N–H and O–H groups in total. The van der Waals surface area contributed by atoms with Gasteiger partial charge in [0.25, 0.3) is 0 Å². The van der Waals surface area contributed by atoms with Gasteiger partial charge in [0, 0.05) is 57.3 Å². The van der Waals surface area contributed by atoms with Crippen molar-refractivity contribution < 1.29 is 28.9 Å². The van der Waals surface area contributed by atoms with Crippen molar-refractivity contribution in [2.24, 2.45) is 5.92 Å². The van der Waals surface area contributed by atoms with E-state index in [1.165, 1.54) is 102 Å². The standard InChI is InChI=1S/C40H80N2O6S2/c1-5-8-11-13-15-16-18-20-35-49-50-36-34-48-39(44)24-26-42(28-27-41(4)29-30-43)25-21-31-46-32-33-47-40(45)37-38(22-10-7-3)23-19-17-14-12-9-6-2/h38,43H,5-37H2,1-4H3. The molecule has 0 aliphatic heterocycles. The molecule has 0 aliphatic carbocycles. The first-order chi connectivity index (χ1) is 24.5. The van der Waals surface area contributed by atoms with Crippen molar-refractivity contribution in [1.29, 1.82) is 0 Å². The minimum absolute atomic E-state index is 0.0955. The molecule has 298 valence electrons. The van der Waals surface area contributed by atoms with E-state index in [9.17, 15) is 14.7 Å². The predicted octanol–water partition coefficient (Wildman–Crippen LogP) is 9.56. The van der Waals surface area contributed by atoms with E-state index in [2.05, 4.69) is 30.6 Å². The molecule has 1 atom stereocenters. The Balaban J connectivity index is 4.16. The molecule has 0 spiro atoms. The summed E-state index contributed by atoms with van der Waals surface area (Å²) < 4.78 is 16.8. The van der Waals surface area contributed by atoms with Crippen LogP contribution < -0.4 is 0 Å². The molecule has 0 saturated heterocycles. The molecule has 0 aliphatic rings. The molecule has 0 aromatic carbocycles. The van der Waals surface area contributed by atoms with Crippen molar-refractivity contribution in [1.82, 2.24) is 9.80 Å². The Morgan fingerprint density at radius 3 is 1.86 bits per heavy atom. The van der Waals surface area contributed by atoms with Crippen molar-refractivity contribution in [2.45, 2.75) is 156 Å². The second-order valence-corrected chi connectivity index (χ2v) is 16.6. The molecule has 0 fully saturated rings. The van der Waals surface area contributed by atoms with Gasteiger partial charge in [0.15, 0.2) is 0 Å². The highest BCUT2D eigenvalue weighted by molar-refractivity contribution is 8.76. The monoisotopic (exact) mass is 749 g/mol. The van der Waals surface area contributed by atoms with Crippen LogP contribution >= 0.6 is 21.6 Å². The number of esters is 2. The van der Waals surface area contributed by atoms with E-state index in [0.717, 1.165) is 51.1 Å². The molecule has 50 heavy (non-hydrogen) atoms. The van der Waals surface area contributed by atoms with Gasteiger partial charge in [-0.05, 0) is 38.6 Å². The van der Waals surface area contributed by atoms with Gasteiger partial charge in [-0.3, -0.25) is 9.59 Å². The number of carbonyl (C=O) groups excluding carboxylic acids is 2. The van der Waals surface area contributed by atoms with E-state index in [1.54, 1.807) is 10.8 Å². The van der Waals surface area contributed by atoms with Gasteiger partial charge in [0.2, 0.25) is 0 Å². The van der Waals surface area contributed by atoms with E-state index in [0.29, 0.717) is 58.3 Å². The highest BCUT2D eigenvalue weighted by Crippen LogP contribution is 2.23. The minimum atomic E-state index is -0.144. The number of nitrogens with zero attached hydrogens (tertiary/aromatic N) is 2. The largest absolute Gasteiger partial charge is 0.465 e. The van der Waals surface area contributed by atoms with Crippen LogP contribution in [-0.4, -0.2) is 111 Å². The lowest BCUT2D eigenvalue weighted by atomic mass is 9.92. The number of hydrogen-bond donors (Lipinski definition) is 1. The number of aliphatic hydroxyl groups is 1. The Bertz CT molecular complexity index is 736. The number of likely N-dealkylation sites (N-methyl/N-ethyl adjacent to an activating group) is 1. The van der Waals surface area contributed by atoms with Crippen LogP contribution in [0.5, 0.6) is 0 Å². The number of hydrogen-bond acceptors (Lipinski definition) is 10. The highest BCUT2D eigenvalue weighted by Gasteiger charge is 2.15. The average Bonchev–Trinajstić information content (AvgIpc) is 3.11. The summed E-state index contributed by atoms with van der Waals surface area (Å²) in [5, 5.41) is 9.25. The molecule has 0 heterocycles. The van der Waals surface area contributed by atoms with Gasteiger partial charge in [0.1, 0.15) is 13.2 Å². The number of ether oxygens (including phenoxy) is 3. The number of rotatable bonds is 40. The molecule has 0 bridgehead atoms. The first-order valence-corrected chi connectivity index (χ1v) is 23.1. The average molecular weight is 749 g/mol. The van der Waals surface area contributed by atoms with Crippen LogP contribution in [0.25, 0.3) is 0 Å². The van der Waals surface area contributed by atoms with E-state index in [-0.39, 0.29) is 18.5 Å². The lowest BCUT2D eigenvalue weighted by Crippen LogP contribution is -2.36. The fourth-order valence-corrected chi connectivity index (χ4v) is 7.88. The van der Waals surface area contributed by atoms with Crippen molar-refractivity contribution in [3.63, 3.8) is 0 Å². The lowest BCUT2D eigenvalue weighted by Gasteiger charge is -2.25. The molecule has 10 heteroatoms. The van der Waals surface area contributed by atoms with Crippen LogP contribution in [0.15, 0.2) is 0 Å². The first kappa shape index (κ1) is 49.5. The van der Waals surface area contributed by atoms with Crippen molar-refractivity contribution in [2.75, 3.05) is 84.3 Å². The maximum absolute atomic E-state index is 12.5. The summed E-state index contributed by atoms with van der Waals surface area (Å²) in [5.74, 6) is 2.19. The Morgan fingerprint density at radius 1 is 0.580 bits per heavy atom. The normalized spacial score (nSPS) is 12.2. The Kier molecular flexibility index (Phi) is 39.3. The fourth-order valence-electron chi connectivity index (χ4n) is 5.91. The SMILES string of the molecule is CCCCCCCCCCSSCCOC(=O)CCN(CCCOCCOC(=O)CC(CCCC)CCCCCCCC)CCN(C)CCO. The van der Waals surface area contributed by atoms with Gasteiger partial charge in [-0.15, -0.1) is 0 Å². The van der Waals surface area contributed by atoms with Gasteiger partial charge in [-0.1, -0.05) is 139 Å². The maximum Gasteiger partial charge on any atom is 0.307 e. The highest BCUT2D eigenvalue weighted by atomic mass is 33.1. The summed E-state index contributed by atoms with van der Waals surface area (Å²) in [6, 6.07) is 0. The second-order valence-electron chi connectivity index (χ2n) is 13.9. The third-order valence-corrected chi connectivity index (χ3v) is 11.6. The lowest BCUT2D eigenvalue weighted by molar-refractivity contribution is -0.146. The van der Waals surface area contributed by atoms with Crippen LogP contribution in [0, 0.1) is 5.92 Å². The quantitative estimate of drug-likeness (QED) is 0.0371. The molecule has 0 saturated carbocycles. The maximum atomic E-state index is 12.5. The molecule has 0 aromatic heterocycles. The minimum Gasteiger partial charge on any atom is -0.465 e. The zero-order valence-corrected chi connectivity index (χ0v) is 34.7. The number of aliphatic hydroxyl groups excluding tert-OH is 1. The fraction of sp³-hybridized carbons (Fsp3) is 0.950. The Hall–Kier alpha value is -0.520. The van der Waals surface area contributed by atoms with Crippen LogP contribution in [0.4, 0.5) is 0 Å². The summed E-state index contributed by atoms with van der Waals surface area (Å²) in [6.07, 6.45) is 24.8. The summed E-state index contributed by atoms with van der Waals surface area (Å²) in [7, 11) is 5.69. The molecule has 1 unspecified atom stereocenters. The Labute approximate surface area is 317 Å². The van der Waals surface area contributed by atoms with Gasteiger partial charge in [-0.25, -0.2) is 0 Å². The van der Waals surface area contributed by atoms with Crippen molar-refractivity contribution >= 4 is 33.5 Å². The van der Waals surface area contributed by atoms with Crippen molar-refractivity contribution in [3.8, 4) is 0 Å². The second kappa shape index (κ2) is 39.7. The van der Waals surface area contributed by atoms with Crippen LogP contribution in [0.2, 0.25) is 0 Å². The van der Waals surface area contributed by atoms with E-state index < -0.39 is 0 Å². The Morgan fingerprint density at radius 2 is 1.18 bits per heavy atom. The van der Waals surface area contributed by atoms with Gasteiger partial charge < -0.3 is 29.1 Å². The number of carbonyl (C=O) groups is 2. The molecular weight excluding hydrogens is 669 g/mol. The van der Waals surface area contributed by atoms with Gasteiger partial charge >= 0.3 is 11.9 Å². The van der Waals surface area contributed by atoms with Crippen LogP contribution in [-0.2, 0) is 23.8 Å². The first-order valence-electron chi connectivity index (χ1n) is 20.6. The van der Waals surface area contributed by atoms with E-state index in [4.69, 9.17) is 14.2 Å². The molecule has 0 aromatic rings. The van der Waals surface area contributed by atoms with Crippen LogP contribution in [0.1, 0.15) is 156 Å². The molecule has 0 radical (unpaired) electrons. The smallest absolute Gasteiger partial charge is 0.307 e. The summed E-state index contributed by atoms with van der Waals surface area (Å²) >= 11 is 0. The van der Waals surface area contributed by atoms with E-state index >= 15 is 0 Å². The molecule has 0 rings (SSSR count). The molecular formula is C40H80N2O6S2. The zero-order chi connectivity index (χ0) is 36.8. The third-order valence-electron chi connectivity index (χ3n) is 9.15. The van der Waals surface area contributed by atoms with Gasteiger partial charge in [-0.2, -0.15) is 0 Å². The summed E-state index contributed by atoms with van der Waals surface area (Å²) in [5.41, 5.74) is 0. The summed E-state index contributed by atoms with van der Waals surface area (Å²) in [6.45, 7) is 12.3. The molecule has 0 amide bonds. The zero-order valence-electron chi connectivity index (χ0n) is 33.1. The van der Waals surface area contributed by atoms with E-state index in [1.807, 2.05) is 17.8 Å². The number of unbranched alkanes of at least 4 members (excludes halogenated alkanes) is 13. The summed E-state index contributed by atoms with van der Waals surface area (Å²) in [4.78, 5) is 29.3. The van der Waals surface area contributed by atoms with Gasteiger partial charge in [0.05, 0.1) is 19.6 Å². The molecule has 8 nitrogen and oxygen atoms in total. The van der Waals surface area contributed by atoms with Crippen LogP contribution in [0.3, 0.4) is 0 Å². The van der Waals surface area contributed by atoms with Crippen molar-refractivity contribution in [3.05, 3.63) is 0 Å².